The molecule has 4 nitrogen and oxygen atoms in total. The third-order valence-corrected chi connectivity index (χ3v) is 4.16. The summed E-state index contributed by atoms with van der Waals surface area (Å²) in [4.78, 5) is 4.94. The average Bonchev–Trinajstić information content (AvgIpc) is 2.44. The van der Waals surface area contributed by atoms with Crippen molar-refractivity contribution in [1.82, 2.24) is 15.1 Å². The van der Waals surface area contributed by atoms with Gasteiger partial charge in [-0.05, 0) is 38.7 Å². The lowest BCUT2D eigenvalue weighted by molar-refractivity contribution is 0.0993. The van der Waals surface area contributed by atoms with Crippen molar-refractivity contribution in [2.75, 3.05) is 40.8 Å². The Morgan fingerprint density at radius 3 is 2.80 bits per heavy atom. The van der Waals surface area contributed by atoms with Gasteiger partial charge < -0.3 is 15.0 Å². The first kappa shape index (κ1) is 15.3. The number of rotatable bonds is 5. The van der Waals surface area contributed by atoms with Gasteiger partial charge in [-0.25, -0.2) is 0 Å². The molecule has 0 amide bonds. The third kappa shape index (κ3) is 3.72. The number of nitrogens with one attached hydrogen (secondary N) is 1. The molecule has 0 aromatic heterocycles. The van der Waals surface area contributed by atoms with E-state index in [0.29, 0.717) is 6.04 Å². The van der Waals surface area contributed by atoms with E-state index in [9.17, 15) is 0 Å². The van der Waals surface area contributed by atoms with Gasteiger partial charge in [0.25, 0.3) is 0 Å². The van der Waals surface area contributed by atoms with Gasteiger partial charge in [-0.1, -0.05) is 6.07 Å². The molecule has 4 heteroatoms. The first-order valence-electron chi connectivity index (χ1n) is 7.37. The smallest absolute Gasteiger partial charge is 0.123 e. The van der Waals surface area contributed by atoms with Gasteiger partial charge in [0.15, 0.2) is 0 Å². The zero-order chi connectivity index (χ0) is 14.5. The van der Waals surface area contributed by atoms with Crippen LogP contribution in [-0.4, -0.2) is 56.7 Å². The van der Waals surface area contributed by atoms with E-state index in [4.69, 9.17) is 4.74 Å². The summed E-state index contributed by atoms with van der Waals surface area (Å²) in [6.07, 6.45) is 0. The predicted molar refractivity (Wildman–Crippen MR) is 83.1 cm³/mol. The van der Waals surface area contributed by atoms with Crippen molar-refractivity contribution in [2.45, 2.75) is 26.1 Å². The highest BCUT2D eigenvalue weighted by atomic mass is 16.5. The van der Waals surface area contributed by atoms with Gasteiger partial charge >= 0.3 is 0 Å². The number of piperazine rings is 1. The van der Waals surface area contributed by atoms with Gasteiger partial charge in [0.05, 0.1) is 7.11 Å². The molecule has 20 heavy (non-hydrogen) atoms. The summed E-state index contributed by atoms with van der Waals surface area (Å²) in [5.74, 6) is 0.997. The van der Waals surface area contributed by atoms with Crippen LogP contribution in [0.15, 0.2) is 18.2 Å². The molecule has 1 saturated heterocycles. The van der Waals surface area contributed by atoms with Crippen LogP contribution in [0.25, 0.3) is 0 Å². The van der Waals surface area contributed by atoms with Crippen molar-refractivity contribution in [3.63, 3.8) is 0 Å². The van der Waals surface area contributed by atoms with E-state index in [2.05, 4.69) is 47.3 Å². The minimum Gasteiger partial charge on any atom is -0.496 e. The third-order valence-electron chi connectivity index (χ3n) is 4.16. The maximum Gasteiger partial charge on any atom is 0.123 e. The molecule has 1 atom stereocenters. The quantitative estimate of drug-likeness (QED) is 0.884. The lowest BCUT2D eigenvalue weighted by atomic mass is 10.1. The second-order valence-electron chi connectivity index (χ2n) is 5.74. The Balaban J connectivity index is 2.08. The molecule has 0 radical (unpaired) electrons. The maximum absolute atomic E-state index is 5.51. The number of methoxy groups -OCH3 is 1. The zero-order valence-corrected chi connectivity index (χ0v) is 13.1. The van der Waals surface area contributed by atoms with E-state index in [1.165, 1.54) is 11.1 Å². The molecule has 1 aliphatic heterocycles. The van der Waals surface area contributed by atoms with Gasteiger partial charge in [-0.2, -0.15) is 0 Å². The van der Waals surface area contributed by atoms with Gasteiger partial charge in [-0.3, -0.25) is 4.90 Å². The fourth-order valence-corrected chi connectivity index (χ4v) is 2.78. The highest BCUT2D eigenvalue weighted by Crippen LogP contribution is 2.23. The summed E-state index contributed by atoms with van der Waals surface area (Å²) < 4.78 is 5.51. The fourth-order valence-electron chi connectivity index (χ4n) is 2.78. The molecule has 1 fully saturated rings. The van der Waals surface area contributed by atoms with Crippen LogP contribution in [0.5, 0.6) is 5.75 Å². The van der Waals surface area contributed by atoms with Crippen LogP contribution in [0.3, 0.4) is 0 Å². The summed E-state index contributed by atoms with van der Waals surface area (Å²) in [5.41, 5.74) is 2.60. The topological polar surface area (TPSA) is 27.7 Å². The van der Waals surface area contributed by atoms with Crippen LogP contribution in [0, 0.1) is 0 Å². The van der Waals surface area contributed by atoms with Crippen LogP contribution in [0.2, 0.25) is 0 Å². The van der Waals surface area contributed by atoms with Crippen LogP contribution in [0.1, 0.15) is 18.1 Å². The number of hydrogen-bond donors (Lipinski definition) is 1. The Hall–Kier alpha value is -1.10. The molecule has 0 aliphatic carbocycles. The second-order valence-corrected chi connectivity index (χ2v) is 5.74. The number of hydrogen-bond acceptors (Lipinski definition) is 4. The molecule has 0 spiro atoms. The first-order valence-corrected chi connectivity index (χ1v) is 7.37. The molecular formula is C16H27N3O. The van der Waals surface area contributed by atoms with Gasteiger partial charge in [-0.15, -0.1) is 0 Å². The largest absolute Gasteiger partial charge is 0.496 e. The van der Waals surface area contributed by atoms with Crippen LogP contribution < -0.4 is 10.1 Å². The minimum absolute atomic E-state index is 0.621. The molecule has 1 unspecified atom stereocenters. The molecule has 112 valence electrons. The Labute approximate surface area is 122 Å². The van der Waals surface area contributed by atoms with Crippen molar-refractivity contribution in [3.8, 4) is 5.75 Å². The van der Waals surface area contributed by atoms with Crippen LogP contribution >= 0.6 is 0 Å². The van der Waals surface area contributed by atoms with Gasteiger partial charge in [0.1, 0.15) is 5.75 Å². The van der Waals surface area contributed by atoms with E-state index in [1.54, 1.807) is 7.11 Å². The molecule has 1 aromatic rings. The Bertz CT molecular complexity index is 436. The number of likely N-dealkylation sites (N-methyl/N-ethyl adjacent to an activating group) is 1. The fraction of sp³-hybridized carbons (Fsp3) is 0.625. The van der Waals surface area contributed by atoms with Crippen molar-refractivity contribution < 1.29 is 4.74 Å². The highest BCUT2D eigenvalue weighted by Gasteiger charge is 2.21. The van der Waals surface area contributed by atoms with Crippen LogP contribution in [-0.2, 0) is 13.1 Å². The predicted octanol–water partition coefficient (Wildman–Crippen LogP) is 1.55. The van der Waals surface area contributed by atoms with Crippen molar-refractivity contribution in [1.29, 1.82) is 0 Å². The SMILES string of the molecule is CNCc1ccc(OC)c(CN2CCN(C)C(C)C2)c1. The van der Waals surface area contributed by atoms with E-state index in [-0.39, 0.29) is 0 Å². The average molecular weight is 277 g/mol. The monoisotopic (exact) mass is 277 g/mol. The summed E-state index contributed by atoms with van der Waals surface area (Å²) in [7, 11) is 5.94. The van der Waals surface area contributed by atoms with Gasteiger partial charge in [0, 0.05) is 44.3 Å². The molecule has 2 rings (SSSR count). The maximum atomic E-state index is 5.51. The normalized spacial score (nSPS) is 21.1. The van der Waals surface area contributed by atoms with E-state index in [1.807, 2.05) is 7.05 Å². The van der Waals surface area contributed by atoms with Crippen molar-refractivity contribution >= 4 is 0 Å². The Morgan fingerprint density at radius 2 is 2.15 bits per heavy atom. The molecule has 1 N–H and O–H groups in total. The number of ether oxygens (including phenoxy) is 1. The first-order chi connectivity index (χ1) is 9.63. The molecule has 1 heterocycles. The Kier molecular flexibility index (Phi) is 5.40. The summed E-state index contributed by atoms with van der Waals surface area (Å²) >= 11 is 0. The molecule has 0 saturated carbocycles. The molecule has 0 bridgehead atoms. The summed E-state index contributed by atoms with van der Waals surface area (Å²) in [6.45, 7) is 7.55. The van der Waals surface area contributed by atoms with E-state index >= 15 is 0 Å². The number of benzene rings is 1. The highest BCUT2D eigenvalue weighted by molar-refractivity contribution is 5.37. The minimum atomic E-state index is 0.621. The molecule has 1 aliphatic rings. The van der Waals surface area contributed by atoms with Crippen molar-refractivity contribution in [3.05, 3.63) is 29.3 Å². The lowest BCUT2D eigenvalue weighted by Gasteiger charge is -2.37. The molecule has 1 aromatic carbocycles. The summed E-state index contributed by atoms with van der Waals surface area (Å²) in [6, 6.07) is 7.10. The Morgan fingerprint density at radius 1 is 1.35 bits per heavy atom. The number of nitrogens with zero attached hydrogens (tertiary/aromatic N) is 2. The van der Waals surface area contributed by atoms with E-state index in [0.717, 1.165) is 38.5 Å². The second kappa shape index (κ2) is 7.07. The van der Waals surface area contributed by atoms with Crippen LogP contribution in [0.4, 0.5) is 0 Å². The lowest BCUT2D eigenvalue weighted by Crippen LogP contribution is -2.49. The van der Waals surface area contributed by atoms with E-state index < -0.39 is 0 Å². The zero-order valence-electron chi connectivity index (χ0n) is 13.1. The molecular weight excluding hydrogens is 250 g/mol. The summed E-state index contributed by atoms with van der Waals surface area (Å²) in [5, 5.41) is 3.20. The van der Waals surface area contributed by atoms with Crippen molar-refractivity contribution in [2.24, 2.45) is 0 Å². The van der Waals surface area contributed by atoms with Gasteiger partial charge in [0.2, 0.25) is 0 Å². The standard InChI is InChI=1S/C16H27N3O/c1-13-11-19(8-7-18(13)3)12-15-9-14(10-17-2)5-6-16(15)20-4/h5-6,9,13,17H,7-8,10-12H2,1-4H3.